The maximum absolute atomic E-state index is 11.4. The number of hydrogen-bond donors (Lipinski definition) is 1. The van der Waals surface area contributed by atoms with Crippen molar-refractivity contribution < 1.29 is 4.79 Å². The van der Waals surface area contributed by atoms with Crippen LogP contribution in [0.25, 0.3) is 0 Å². The molecule has 0 aliphatic heterocycles. The molecule has 0 bridgehead atoms. The molecule has 0 aliphatic rings. The monoisotopic (exact) mass is 211 g/mol. The summed E-state index contributed by atoms with van der Waals surface area (Å²) in [6, 6.07) is 7.16. The molecule has 2 nitrogen and oxygen atoms in total. The number of hydrogen-bond acceptors (Lipinski definition) is 1. The molecule has 2 heteroatoms. The van der Waals surface area contributed by atoms with Crippen LogP contribution in [0.1, 0.15) is 12.5 Å². The fourth-order valence-electron chi connectivity index (χ4n) is 1.12. The molecule has 0 heterocycles. The molecule has 0 saturated heterocycles. The van der Waals surface area contributed by atoms with Crippen molar-refractivity contribution in [3.05, 3.63) is 54.1 Å². The van der Waals surface area contributed by atoms with Gasteiger partial charge in [0.05, 0.1) is 0 Å². The van der Waals surface area contributed by atoms with Gasteiger partial charge in [0.1, 0.15) is 0 Å². The van der Waals surface area contributed by atoms with E-state index in [2.05, 4.69) is 11.2 Å². The van der Waals surface area contributed by atoms with Gasteiger partial charge in [-0.05, 0) is 25.1 Å². The summed E-state index contributed by atoms with van der Waals surface area (Å²) >= 11 is 0. The van der Waals surface area contributed by atoms with E-state index < -0.39 is 0 Å². The van der Waals surface area contributed by atoms with Gasteiger partial charge in [-0.25, -0.2) is 0 Å². The Kier molecular flexibility index (Phi) is 4.62. The minimum absolute atomic E-state index is 0.174. The highest BCUT2D eigenvalue weighted by atomic mass is 16.1. The molecule has 1 aromatic rings. The minimum atomic E-state index is -0.174. The minimum Gasteiger partial charge on any atom is -0.322 e. The molecule has 1 aromatic carbocycles. The first-order valence-electron chi connectivity index (χ1n) is 4.93. The second-order valence-electron chi connectivity index (χ2n) is 3.10. The van der Waals surface area contributed by atoms with Crippen LogP contribution in [-0.2, 0) is 4.79 Å². The third-order valence-corrected chi connectivity index (χ3v) is 1.85. The van der Waals surface area contributed by atoms with E-state index in [1.54, 1.807) is 30.4 Å². The third-order valence-electron chi connectivity index (χ3n) is 1.85. The van der Waals surface area contributed by atoms with Crippen LogP contribution < -0.4 is 5.32 Å². The van der Waals surface area contributed by atoms with E-state index in [0.29, 0.717) is 5.69 Å². The quantitative estimate of drug-likeness (QED) is 0.465. The van der Waals surface area contributed by atoms with E-state index in [0.717, 1.165) is 5.56 Å². The molecular weight excluding hydrogens is 198 g/mol. The Labute approximate surface area is 95.7 Å². The highest BCUT2D eigenvalue weighted by molar-refractivity contribution is 5.99. The maximum atomic E-state index is 11.4. The molecular formula is C14H13NO. The summed E-state index contributed by atoms with van der Waals surface area (Å²) < 4.78 is 0. The lowest BCUT2D eigenvalue weighted by molar-refractivity contribution is -0.111. The topological polar surface area (TPSA) is 29.1 Å². The lowest BCUT2D eigenvalue weighted by Crippen LogP contribution is -2.07. The van der Waals surface area contributed by atoms with Gasteiger partial charge in [-0.1, -0.05) is 30.2 Å². The first-order chi connectivity index (χ1) is 7.76. The normalized spacial score (nSPS) is 10.5. The van der Waals surface area contributed by atoms with Crippen molar-refractivity contribution in [2.45, 2.75) is 6.92 Å². The van der Waals surface area contributed by atoms with Crippen molar-refractivity contribution in [2.75, 3.05) is 5.32 Å². The molecule has 0 radical (unpaired) electrons. The predicted octanol–water partition coefficient (Wildman–Crippen LogP) is 2.74. The van der Waals surface area contributed by atoms with Crippen molar-refractivity contribution in [1.82, 2.24) is 0 Å². The Morgan fingerprint density at radius 3 is 2.94 bits per heavy atom. The van der Waals surface area contributed by atoms with Gasteiger partial charge >= 0.3 is 0 Å². The molecule has 80 valence electrons. The second-order valence-corrected chi connectivity index (χ2v) is 3.10. The Hall–Kier alpha value is -2.27. The maximum Gasteiger partial charge on any atom is 0.248 e. The molecule has 0 unspecified atom stereocenters. The first-order valence-corrected chi connectivity index (χ1v) is 4.93. The van der Waals surface area contributed by atoms with Gasteiger partial charge in [-0.15, -0.1) is 6.42 Å². The highest BCUT2D eigenvalue weighted by Gasteiger charge is 1.97. The Bertz CT molecular complexity index is 464. The number of terminal acetylenes is 1. The lowest BCUT2D eigenvalue weighted by atomic mass is 10.2. The van der Waals surface area contributed by atoms with Crippen molar-refractivity contribution in [2.24, 2.45) is 0 Å². The van der Waals surface area contributed by atoms with Crippen LogP contribution in [0.15, 0.2) is 48.6 Å². The molecule has 0 atom stereocenters. The zero-order valence-electron chi connectivity index (χ0n) is 9.10. The standard InChI is InChI=1S/C14H13NO/c1-3-5-6-10-14(16)15-13-9-7-8-12(4-2)11-13/h2-3,5-11H,1H3,(H,15,16)/b5-3+,10-6+. The van der Waals surface area contributed by atoms with E-state index in [1.165, 1.54) is 6.08 Å². The summed E-state index contributed by atoms with van der Waals surface area (Å²) in [5.41, 5.74) is 1.45. The molecule has 1 rings (SSSR count). The Morgan fingerprint density at radius 1 is 1.44 bits per heavy atom. The lowest BCUT2D eigenvalue weighted by Gasteiger charge is -2.01. The van der Waals surface area contributed by atoms with Crippen LogP contribution in [0.4, 0.5) is 5.69 Å². The molecule has 0 aliphatic carbocycles. The Balaban J connectivity index is 2.66. The summed E-state index contributed by atoms with van der Waals surface area (Å²) in [6.45, 7) is 1.89. The molecule has 0 aromatic heterocycles. The van der Waals surface area contributed by atoms with Crippen LogP contribution in [-0.4, -0.2) is 5.91 Å². The van der Waals surface area contributed by atoms with Gasteiger partial charge in [0.2, 0.25) is 5.91 Å². The predicted molar refractivity (Wildman–Crippen MR) is 67.0 cm³/mol. The van der Waals surface area contributed by atoms with E-state index in [4.69, 9.17) is 6.42 Å². The average molecular weight is 211 g/mol. The molecule has 0 spiro atoms. The number of benzene rings is 1. The largest absolute Gasteiger partial charge is 0.322 e. The van der Waals surface area contributed by atoms with Crippen molar-refractivity contribution >= 4 is 11.6 Å². The highest BCUT2D eigenvalue weighted by Crippen LogP contribution is 2.09. The van der Waals surface area contributed by atoms with Gasteiger partial charge in [-0.2, -0.15) is 0 Å². The molecule has 1 N–H and O–H groups in total. The van der Waals surface area contributed by atoms with Crippen LogP contribution >= 0.6 is 0 Å². The van der Waals surface area contributed by atoms with Crippen LogP contribution in [0.2, 0.25) is 0 Å². The van der Waals surface area contributed by atoms with Gasteiger partial charge in [-0.3, -0.25) is 4.79 Å². The van der Waals surface area contributed by atoms with Gasteiger partial charge in [0.15, 0.2) is 0 Å². The summed E-state index contributed by atoms with van der Waals surface area (Å²) in [5.74, 6) is 2.34. The first kappa shape index (κ1) is 11.8. The third kappa shape index (κ3) is 3.85. The summed E-state index contributed by atoms with van der Waals surface area (Å²) in [4.78, 5) is 11.4. The average Bonchev–Trinajstić information content (AvgIpc) is 2.29. The molecule has 16 heavy (non-hydrogen) atoms. The van der Waals surface area contributed by atoms with Gasteiger partial charge in [0.25, 0.3) is 0 Å². The van der Waals surface area contributed by atoms with Gasteiger partial charge in [0, 0.05) is 17.3 Å². The van der Waals surface area contributed by atoms with E-state index in [9.17, 15) is 4.79 Å². The van der Waals surface area contributed by atoms with Crippen molar-refractivity contribution in [3.8, 4) is 12.3 Å². The van der Waals surface area contributed by atoms with Crippen LogP contribution in [0, 0.1) is 12.3 Å². The number of nitrogens with one attached hydrogen (secondary N) is 1. The number of rotatable bonds is 3. The van der Waals surface area contributed by atoms with Gasteiger partial charge < -0.3 is 5.32 Å². The van der Waals surface area contributed by atoms with Crippen LogP contribution in [0.3, 0.4) is 0 Å². The molecule has 0 saturated carbocycles. The molecule has 0 fully saturated rings. The second kappa shape index (κ2) is 6.26. The molecule has 1 amide bonds. The van der Waals surface area contributed by atoms with E-state index in [1.807, 2.05) is 19.1 Å². The Morgan fingerprint density at radius 2 is 2.25 bits per heavy atom. The zero-order valence-corrected chi connectivity index (χ0v) is 9.10. The van der Waals surface area contributed by atoms with E-state index >= 15 is 0 Å². The summed E-state index contributed by atoms with van der Waals surface area (Å²) in [7, 11) is 0. The zero-order chi connectivity index (χ0) is 11.8. The number of carbonyl (C=O) groups is 1. The summed E-state index contributed by atoms with van der Waals surface area (Å²) in [5, 5.41) is 2.72. The SMILES string of the molecule is C#Cc1cccc(NC(=O)/C=C/C=C/C)c1. The number of allylic oxidation sites excluding steroid dienone is 3. The number of anilines is 1. The smallest absolute Gasteiger partial charge is 0.248 e. The number of amides is 1. The fourth-order valence-corrected chi connectivity index (χ4v) is 1.12. The van der Waals surface area contributed by atoms with E-state index in [-0.39, 0.29) is 5.91 Å². The number of carbonyl (C=O) groups excluding carboxylic acids is 1. The summed E-state index contributed by atoms with van der Waals surface area (Å²) in [6.07, 6.45) is 12.0. The van der Waals surface area contributed by atoms with Crippen molar-refractivity contribution in [3.63, 3.8) is 0 Å². The fraction of sp³-hybridized carbons (Fsp3) is 0.0714. The van der Waals surface area contributed by atoms with Crippen LogP contribution in [0.5, 0.6) is 0 Å². The van der Waals surface area contributed by atoms with Crippen molar-refractivity contribution in [1.29, 1.82) is 0 Å².